The third-order valence-corrected chi connectivity index (χ3v) is 6.07. The van der Waals surface area contributed by atoms with Gasteiger partial charge >= 0.3 is 0 Å². The summed E-state index contributed by atoms with van der Waals surface area (Å²) in [7, 11) is 0. The van der Waals surface area contributed by atoms with Crippen LogP contribution in [0.4, 0.5) is 0 Å². The minimum atomic E-state index is 0.726. The van der Waals surface area contributed by atoms with Gasteiger partial charge in [0, 0.05) is 30.3 Å². The first kappa shape index (κ1) is 16.2. The molecule has 0 aliphatic carbocycles. The van der Waals surface area contributed by atoms with E-state index in [1.54, 1.807) is 0 Å². The van der Waals surface area contributed by atoms with Crippen molar-refractivity contribution in [3.63, 3.8) is 0 Å². The third-order valence-electron chi connectivity index (χ3n) is 6.07. The Balaban J connectivity index is 1.29. The second-order valence-corrected chi connectivity index (χ2v) is 7.60. The van der Waals surface area contributed by atoms with E-state index in [9.17, 15) is 0 Å². The van der Waals surface area contributed by atoms with Gasteiger partial charge < -0.3 is 14.6 Å². The van der Waals surface area contributed by atoms with Crippen molar-refractivity contribution < 1.29 is 4.74 Å². The van der Waals surface area contributed by atoms with Crippen LogP contribution in [-0.2, 0) is 4.74 Å². The minimum absolute atomic E-state index is 0.726. The van der Waals surface area contributed by atoms with Crippen molar-refractivity contribution in [3.05, 3.63) is 36.0 Å². The molecule has 1 unspecified atom stereocenters. The van der Waals surface area contributed by atoms with Gasteiger partial charge in [-0.3, -0.25) is 0 Å². The molecule has 1 aromatic carbocycles. The van der Waals surface area contributed by atoms with Crippen molar-refractivity contribution >= 4 is 10.9 Å². The molecular weight excluding hydrogens is 296 g/mol. The zero-order valence-corrected chi connectivity index (χ0v) is 14.7. The first-order chi connectivity index (χ1) is 11.9. The quantitative estimate of drug-likeness (QED) is 0.892. The zero-order valence-electron chi connectivity index (χ0n) is 14.7. The Morgan fingerprint density at radius 2 is 1.92 bits per heavy atom. The molecule has 1 N–H and O–H groups in total. The van der Waals surface area contributed by atoms with Gasteiger partial charge in [0.25, 0.3) is 0 Å². The Bertz CT molecular complexity index is 634. The number of hydrogen-bond acceptors (Lipinski definition) is 2. The van der Waals surface area contributed by atoms with Crippen LogP contribution in [0.2, 0.25) is 0 Å². The Labute approximate surface area is 145 Å². The zero-order chi connectivity index (χ0) is 16.2. The summed E-state index contributed by atoms with van der Waals surface area (Å²) in [5.41, 5.74) is 2.82. The van der Waals surface area contributed by atoms with Crippen LogP contribution in [0.5, 0.6) is 0 Å². The van der Waals surface area contributed by atoms with Gasteiger partial charge in [-0.2, -0.15) is 0 Å². The van der Waals surface area contributed by atoms with Crippen molar-refractivity contribution in [2.75, 3.05) is 32.8 Å². The van der Waals surface area contributed by atoms with Gasteiger partial charge in [0.05, 0.1) is 0 Å². The van der Waals surface area contributed by atoms with Gasteiger partial charge in [-0.15, -0.1) is 0 Å². The van der Waals surface area contributed by atoms with E-state index in [0.29, 0.717) is 0 Å². The minimum Gasteiger partial charge on any atom is -0.381 e. The summed E-state index contributed by atoms with van der Waals surface area (Å²) in [4.78, 5) is 6.14. The van der Waals surface area contributed by atoms with E-state index in [-0.39, 0.29) is 0 Å². The molecule has 4 rings (SSSR count). The number of H-pyrrole nitrogens is 1. The molecule has 3 heteroatoms. The largest absolute Gasteiger partial charge is 0.381 e. The summed E-state index contributed by atoms with van der Waals surface area (Å²) < 4.78 is 5.59. The van der Waals surface area contributed by atoms with Crippen molar-refractivity contribution in [2.45, 2.75) is 44.4 Å². The van der Waals surface area contributed by atoms with Crippen LogP contribution in [0, 0.1) is 5.92 Å². The van der Waals surface area contributed by atoms with Crippen LogP contribution in [0.25, 0.3) is 10.9 Å². The topological polar surface area (TPSA) is 28.3 Å². The molecule has 2 aliphatic rings. The van der Waals surface area contributed by atoms with E-state index >= 15 is 0 Å². The fourth-order valence-electron chi connectivity index (χ4n) is 4.52. The molecule has 0 radical (unpaired) electrons. The Kier molecular flexibility index (Phi) is 5.19. The summed E-state index contributed by atoms with van der Waals surface area (Å²) in [6.07, 6.45) is 10.1. The SMILES string of the molecule is c1ccc2c(C3CCN(CCC4CCCOCC4)CC3)c[nH]c2c1. The number of benzene rings is 1. The van der Waals surface area contributed by atoms with Crippen molar-refractivity contribution in [1.29, 1.82) is 0 Å². The number of para-hydroxylation sites is 1. The van der Waals surface area contributed by atoms with Crippen molar-refractivity contribution in [1.82, 2.24) is 9.88 Å². The number of aromatic amines is 1. The molecule has 2 fully saturated rings. The molecule has 24 heavy (non-hydrogen) atoms. The summed E-state index contributed by atoms with van der Waals surface area (Å²) in [6.45, 7) is 5.76. The molecular formula is C21H30N2O. The fourth-order valence-corrected chi connectivity index (χ4v) is 4.52. The molecule has 3 nitrogen and oxygen atoms in total. The predicted molar refractivity (Wildman–Crippen MR) is 99.5 cm³/mol. The molecule has 3 heterocycles. The van der Waals surface area contributed by atoms with E-state index in [2.05, 4.69) is 40.3 Å². The van der Waals surface area contributed by atoms with Gasteiger partial charge in [-0.1, -0.05) is 18.2 Å². The van der Waals surface area contributed by atoms with Gasteiger partial charge in [0.1, 0.15) is 0 Å². The van der Waals surface area contributed by atoms with Gasteiger partial charge in [-0.05, 0) is 81.6 Å². The molecule has 2 aromatic rings. The van der Waals surface area contributed by atoms with Gasteiger partial charge in [-0.25, -0.2) is 0 Å². The summed E-state index contributed by atoms with van der Waals surface area (Å²) >= 11 is 0. The van der Waals surface area contributed by atoms with Crippen LogP contribution in [0.3, 0.4) is 0 Å². The Hall–Kier alpha value is -1.32. The highest BCUT2D eigenvalue weighted by molar-refractivity contribution is 5.83. The second-order valence-electron chi connectivity index (χ2n) is 7.60. The molecule has 2 aliphatic heterocycles. The van der Waals surface area contributed by atoms with Crippen molar-refractivity contribution in [3.8, 4) is 0 Å². The number of rotatable bonds is 4. The number of likely N-dealkylation sites (tertiary alicyclic amines) is 1. The summed E-state index contributed by atoms with van der Waals surface area (Å²) in [6, 6.07) is 8.72. The van der Waals surface area contributed by atoms with Crippen LogP contribution < -0.4 is 0 Å². The van der Waals surface area contributed by atoms with E-state index < -0.39 is 0 Å². The maximum atomic E-state index is 5.59. The number of nitrogens with zero attached hydrogens (tertiary/aromatic N) is 1. The Morgan fingerprint density at radius 3 is 2.83 bits per heavy atom. The molecule has 1 atom stereocenters. The highest BCUT2D eigenvalue weighted by Gasteiger charge is 2.23. The summed E-state index contributed by atoms with van der Waals surface area (Å²) in [5, 5.41) is 1.43. The van der Waals surface area contributed by atoms with E-state index in [1.165, 1.54) is 74.6 Å². The molecule has 1 aromatic heterocycles. The number of aromatic nitrogens is 1. The number of piperidine rings is 1. The summed E-state index contributed by atoms with van der Waals surface area (Å²) in [5.74, 6) is 1.61. The smallest absolute Gasteiger partial charge is 0.0468 e. The molecule has 0 spiro atoms. The first-order valence-corrected chi connectivity index (χ1v) is 9.76. The molecule has 130 valence electrons. The molecule has 2 saturated heterocycles. The lowest BCUT2D eigenvalue weighted by Crippen LogP contribution is -2.34. The number of fused-ring (bicyclic) bond motifs is 1. The highest BCUT2D eigenvalue weighted by Crippen LogP contribution is 2.33. The maximum absolute atomic E-state index is 5.59. The number of hydrogen-bond donors (Lipinski definition) is 1. The second kappa shape index (κ2) is 7.71. The van der Waals surface area contributed by atoms with Gasteiger partial charge in [0.2, 0.25) is 0 Å². The first-order valence-electron chi connectivity index (χ1n) is 9.76. The molecule has 0 bridgehead atoms. The highest BCUT2D eigenvalue weighted by atomic mass is 16.5. The average Bonchev–Trinajstić information content (AvgIpc) is 2.88. The van der Waals surface area contributed by atoms with E-state index in [4.69, 9.17) is 4.74 Å². The molecule has 0 amide bonds. The molecule has 0 saturated carbocycles. The monoisotopic (exact) mass is 326 g/mol. The Morgan fingerprint density at radius 1 is 1.04 bits per heavy atom. The lowest BCUT2D eigenvalue weighted by atomic mass is 9.88. The number of nitrogens with one attached hydrogen (secondary N) is 1. The van der Waals surface area contributed by atoms with E-state index in [0.717, 1.165) is 25.0 Å². The fraction of sp³-hybridized carbons (Fsp3) is 0.619. The van der Waals surface area contributed by atoms with Crippen molar-refractivity contribution in [2.24, 2.45) is 5.92 Å². The van der Waals surface area contributed by atoms with Crippen LogP contribution in [0.1, 0.15) is 50.0 Å². The van der Waals surface area contributed by atoms with Crippen LogP contribution in [0.15, 0.2) is 30.5 Å². The maximum Gasteiger partial charge on any atom is 0.0468 e. The van der Waals surface area contributed by atoms with Crippen LogP contribution in [-0.4, -0.2) is 42.7 Å². The standard InChI is InChI=1S/C21H30N2O/c1-2-6-21-19(5-1)20(16-22-21)18-8-12-23(13-9-18)11-7-17-4-3-14-24-15-10-17/h1-2,5-6,16-18,22H,3-4,7-15H2. The normalized spacial score (nSPS) is 24.2. The van der Waals surface area contributed by atoms with Gasteiger partial charge in [0.15, 0.2) is 0 Å². The lowest BCUT2D eigenvalue weighted by molar-refractivity contribution is 0.139. The van der Waals surface area contributed by atoms with E-state index in [1.807, 2.05) is 0 Å². The average molecular weight is 326 g/mol. The predicted octanol–water partition coefficient (Wildman–Crippen LogP) is 4.55. The van der Waals surface area contributed by atoms with Crippen LogP contribution >= 0.6 is 0 Å². The third kappa shape index (κ3) is 3.68. The lowest BCUT2D eigenvalue weighted by Gasteiger charge is -2.32. The number of ether oxygens (including phenoxy) is 1.